The molecule has 3 rings (SSSR count). The van der Waals surface area contributed by atoms with Crippen molar-refractivity contribution in [1.29, 1.82) is 0 Å². The van der Waals surface area contributed by atoms with Crippen molar-refractivity contribution in [2.75, 3.05) is 12.0 Å². The summed E-state index contributed by atoms with van der Waals surface area (Å²) >= 11 is 3.01. The number of halogens is 4. The lowest BCUT2D eigenvalue weighted by atomic mass is 10.1. The summed E-state index contributed by atoms with van der Waals surface area (Å²) in [5.41, 5.74) is -0.643. The van der Waals surface area contributed by atoms with E-state index < -0.39 is 33.4 Å². The zero-order valence-electron chi connectivity index (χ0n) is 17.8. The molecular weight excluding hydrogens is 525 g/mol. The van der Waals surface area contributed by atoms with Crippen molar-refractivity contribution in [3.05, 3.63) is 64.3 Å². The largest absolute Gasteiger partial charge is 0.416 e. The minimum Gasteiger partial charge on any atom is -0.342 e. The summed E-state index contributed by atoms with van der Waals surface area (Å²) in [4.78, 5) is 21.0. The molecule has 0 saturated heterocycles. The van der Waals surface area contributed by atoms with E-state index >= 15 is 0 Å². The van der Waals surface area contributed by atoms with Gasteiger partial charge in [-0.05, 0) is 37.3 Å². The number of hydrogen-bond donors (Lipinski definition) is 1. The van der Waals surface area contributed by atoms with Crippen molar-refractivity contribution in [3.8, 4) is 5.82 Å². The zero-order chi connectivity index (χ0) is 24.4. The molecule has 2 aromatic heterocycles. The van der Waals surface area contributed by atoms with E-state index in [9.17, 15) is 22.2 Å². The molecule has 8 nitrogen and oxygen atoms in total. The standard InChI is InChI=1S/C20H20BrF3N6O2S/c1-4-33(3,32)29-16-5-6-17(25-10-16)30-18(26-11-27-30)12(2)28-19(31)13-7-14(20(22,23)24)9-15(21)8-13/h5-12H,4H2,1-3H3,(H,28,31)/t12-,33?/m0/s1. The van der Waals surface area contributed by atoms with Crippen LogP contribution in [0.5, 0.6) is 0 Å². The molecule has 0 aliphatic heterocycles. The fraction of sp³-hybridized carbons (Fsp3) is 0.300. The number of alkyl halides is 3. The smallest absolute Gasteiger partial charge is 0.342 e. The number of nitrogens with zero attached hydrogens (tertiary/aromatic N) is 5. The first-order valence-corrected chi connectivity index (χ1v) is 12.5. The monoisotopic (exact) mass is 544 g/mol. The Balaban J connectivity index is 1.83. The van der Waals surface area contributed by atoms with Crippen molar-refractivity contribution in [3.63, 3.8) is 0 Å². The van der Waals surface area contributed by atoms with Gasteiger partial charge in [-0.15, -0.1) is 0 Å². The molecule has 2 heterocycles. The van der Waals surface area contributed by atoms with E-state index in [4.69, 9.17) is 0 Å². The van der Waals surface area contributed by atoms with Crippen LogP contribution < -0.4 is 5.32 Å². The number of nitrogens with one attached hydrogen (secondary N) is 1. The molecule has 33 heavy (non-hydrogen) atoms. The third-order valence-corrected chi connectivity index (χ3v) is 6.71. The first-order chi connectivity index (χ1) is 15.4. The molecule has 0 spiro atoms. The average Bonchev–Trinajstić information content (AvgIpc) is 3.23. The van der Waals surface area contributed by atoms with Crippen LogP contribution in [0.1, 0.15) is 41.6 Å². The van der Waals surface area contributed by atoms with Gasteiger partial charge in [0.15, 0.2) is 11.6 Å². The van der Waals surface area contributed by atoms with Crippen molar-refractivity contribution < 1.29 is 22.2 Å². The van der Waals surface area contributed by atoms with Crippen LogP contribution in [0.15, 0.2) is 51.7 Å². The molecule has 1 aromatic carbocycles. The van der Waals surface area contributed by atoms with Gasteiger partial charge in [0.05, 0.1) is 23.5 Å². The molecule has 3 aromatic rings. The van der Waals surface area contributed by atoms with E-state index in [2.05, 4.69) is 40.7 Å². The molecule has 2 atom stereocenters. The minimum absolute atomic E-state index is 0.132. The number of rotatable bonds is 6. The van der Waals surface area contributed by atoms with E-state index in [1.807, 2.05) is 0 Å². The average molecular weight is 545 g/mol. The second-order valence-electron chi connectivity index (χ2n) is 7.17. The summed E-state index contributed by atoms with van der Waals surface area (Å²) in [6.07, 6.45) is -0.307. The lowest BCUT2D eigenvalue weighted by molar-refractivity contribution is -0.137. The van der Waals surface area contributed by atoms with Crippen molar-refractivity contribution in [2.45, 2.75) is 26.1 Å². The van der Waals surface area contributed by atoms with Gasteiger partial charge in [-0.25, -0.2) is 14.2 Å². The van der Waals surface area contributed by atoms with Gasteiger partial charge in [-0.1, -0.05) is 22.9 Å². The Hall–Kier alpha value is -2.80. The van der Waals surface area contributed by atoms with Gasteiger partial charge >= 0.3 is 6.18 Å². The number of amides is 1. The van der Waals surface area contributed by atoms with E-state index in [1.165, 1.54) is 23.3 Å². The Morgan fingerprint density at radius 3 is 2.61 bits per heavy atom. The van der Waals surface area contributed by atoms with E-state index in [1.54, 1.807) is 32.2 Å². The van der Waals surface area contributed by atoms with Crippen molar-refractivity contribution in [2.24, 2.45) is 4.36 Å². The van der Waals surface area contributed by atoms with Gasteiger partial charge in [0.25, 0.3) is 5.91 Å². The van der Waals surface area contributed by atoms with Crippen LogP contribution in [0.3, 0.4) is 0 Å². The summed E-state index contributed by atoms with van der Waals surface area (Å²) < 4.78 is 57.1. The Morgan fingerprint density at radius 2 is 2.00 bits per heavy atom. The van der Waals surface area contributed by atoms with Crippen LogP contribution in [-0.4, -0.2) is 41.9 Å². The topological polar surface area (TPSA) is 102 Å². The highest BCUT2D eigenvalue weighted by Crippen LogP contribution is 2.32. The maximum absolute atomic E-state index is 13.1. The number of carbonyl (C=O) groups excluding carboxylic acids is 1. The van der Waals surface area contributed by atoms with Crippen molar-refractivity contribution >= 4 is 37.3 Å². The van der Waals surface area contributed by atoms with E-state index in [-0.39, 0.29) is 10.0 Å². The number of pyridine rings is 1. The predicted octanol–water partition coefficient (Wildman–Crippen LogP) is 4.68. The first kappa shape index (κ1) is 24.8. The summed E-state index contributed by atoms with van der Waals surface area (Å²) in [6.45, 7) is 3.40. The molecule has 13 heteroatoms. The lowest BCUT2D eigenvalue weighted by Gasteiger charge is -2.15. The Morgan fingerprint density at radius 1 is 1.27 bits per heavy atom. The molecule has 0 bridgehead atoms. The third kappa shape index (κ3) is 6.16. The molecular formula is C20H20BrF3N6O2S. The minimum atomic E-state index is -4.59. The summed E-state index contributed by atoms with van der Waals surface area (Å²) in [6, 6.07) is 5.53. The molecule has 0 radical (unpaired) electrons. The number of benzene rings is 1. The summed E-state index contributed by atoms with van der Waals surface area (Å²) in [7, 11) is -2.34. The molecule has 176 valence electrons. The van der Waals surface area contributed by atoms with E-state index in [0.29, 0.717) is 23.1 Å². The SMILES string of the molecule is CCS(C)(=O)=Nc1ccc(-n2ncnc2[C@H](C)NC(=O)c2cc(Br)cc(C(F)(F)F)c2)nc1. The molecule has 0 aliphatic carbocycles. The van der Waals surface area contributed by atoms with Gasteiger partial charge in [0.2, 0.25) is 0 Å². The van der Waals surface area contributed by atoms with Crippen LogP contribution >= 0.6 is 15.9 Å². The van der Waals surface area contributed by atoms with Gasteiger partial charge in [0.1, 0.15) is 6.33 Å². The normalized spacial score (nSPS) is 14.4. The Bertz CT molecular complexity index is 1280. The van der Waals surface area contributed by atoms with Gasteiger partial charge in [0, 0.05) is 31.8 Å². The molecule has 0 fully saturated rings. The molecule has 1 amide bonds. The summed E-state index contributed by atoms with van der Waals surface area (Å²) in [5.74, 6) is 0.396. The van der Waals surface area contributed by atoms with Gasteiger partial charge in [-0.3, -0.25) is 4.79 Å². The first-order valence-electron chi connectivity index (χ1n) is 9.64. The molecule has 0 saturated carbocycles. The maximum atomic E-state index is 13.1. The molecule has 1 unspecified atom stereocenters. The second kappa shape index (κ2) is 9.59. The van der Waals surface area contributed by atoms with Crippen LogP contribution in [0.2, 0.25) is 0 Å². The van der Waals surface area contributed by atoms with Crippen LogP contribution in [0, 0.1) is 0 Å². The quantitative estimate of drug-likeness (QED) is 0.485. The fourth-order valence-electron chi connectivity index (χ4n) is 2.80. The maximum Gasteiger partial charge on any atom is 0.416 e. The Kier molecular flexibility index (Phi) is 7.22. The Labute approximate surface area is 197 Å². The second-order valence-corrected chi connectivity index (χ2v) is 10.8. The number of carbonyl (C=O) groups is 1. The number of aromatic nitrogens is 4. The zero-order valence-corrected chi connectivity index (χ0v) is 20.2. The van der Waals surface area contributed by atoms with Crippen LogP contribution in [0.25, 0.3) is 5.82 Å². The third-order valence-electron chi connectivity index (χ3n) is 4.58. The highest BCUT2D eigenvalue weighted by molar-refractivity contribution is 9.10. The fourth-order valence-corrected chi connectivity index (χ4v) is 3.97. The van der Waals surface area contributed by atoms with Gasteiger partial charge in [-0.2, -0.15) is 27.3 Å². The van der Waals surface area contributed by atoms with Crippen LogP contribution in [0.4, 0.5) is 18.9 Å². The lowest BCUT2D eigenvalue weighted by Crippen LogP contribution is -2.29. The number of hydrogen-bond acceptors (Lipinski definition) is 6. The summed E-state index contributed by atoms with van der Waals surface area (Å²) in [5, 5.41) is 6.75. The molecule has 1 N–H and O–H groups in total. The van der Waals surface area contributed by atoms with E-state index in [0.717, 1.165) is 12.1 Å². The van der Waals surface area contributed by atoms with Crippen LogP contribution in [-0.2, 0) is 15.9 Å². The van der Waals surface area contributed by atoms with Crippen molar-refractivity contribution in [1.82, 2.24) is 25.1 Å². The predicted molar refractivity (Wildman–Crippen MR) is 121 cm³/mol. The highest BCUT2D eigenvalue weighted by Gasteiger charge is 2.32. The van der Waals surface area contributed by atoms with Gasteiger partial charge < -0.3 is 5.32 Å². The molecule has 0 aliphatic rings. The highest BCUT2D eigenvalue weighted by atomic mass is 79.9.